The molecular formula is C34H33N5O3. The standard InChI is InChI=1S/C34H33N5O3/c1-38-19-16-24-22-25(4-15-32(24)38)34(42)37-29-11-7-27(8-12-29)35-26-5-9-28(10-6-26)36-33(41)23-2-13-30(14-3-23)39-20-17-31(40)18-21-39/h2-16,19,22,31,35,40H,17-18,20-21H2,1H3,(H,36,41)(H,37,42). The second-order valence-corrected chi connectivity index (χ2v) is 10.7. The van der Waals surface area contributed by atoms with Crippen molar-refractivity contribution < 1.29 is 14.7 Å². The van der Waals surface area contributed by atoms with E-state index in [0.29, 0.717) is 22.5 Å². The molecule has 0 radical (unpaired) electrons. The smallest absolute Gasteiger partial charge is 0.255 e. The molecule has 5 aromatic rings. The summed E-state index contributed by atoms with van der Waals surface area (Å²) in [5.41, 5.74) is 6.50. The van der Waals surface area contributed by atoms with Crippen LogP contribution in [-0.4, -0.2) is 40.7 Å². The maximum absolute atomic E-state index is 12.8. The number of hydrogen-bond acceptors (Lipinski definition) is 5. The highest BCUT2D eigenvalue weighted by atomic mass is 16.3. The van der Waals surface area contributed by atoms with Gasteiger partial charge < -0.3 is 30.5 Å². The fourth-order valence-electron chi connectivity index (χ4n) is 5.22. The number of carbonyl (C=O) groups excluding carboxylic acids is 2. The number of anilines is 5. The lowest BCUT2D eigenvalue weighted by atomic mass is 10.1. The minimum absolute atomic E-state index is 0.155. The zero-order chi connectivity index (χ0) is 29.1. The molecule has 8 heteroatoms. The molecule has 1 aromatic heterocycles. The highest BCUT2D eigenvalue weighted by Gasteiger charge is 2.17. The minimum Gasteiger partial charge on any atom is -0.393 e. The number of nitrogens with one attached hydrogen (secondary N) is 3. The highest BCUT2D eigenvalue weighted by Crippen LogP contribution is 2.24. The number of aryl methyl sites for hydroxylation is 1. The average molecular weight is 560 g/mol. The summed E-state index contributed by atoms with van der Waals surface area (Å²) in [6, 6.07) is 30.3. The Labute approximate surface area is 244 Å². The number of nitrogens with zero attached hydrogens (tertiary/aromatic N) is 2. The van der Waals surface area contributed by atoms with E-state index in [1.807, 2.05) is 115 Å². The van der Waals surface area contributed by atoms with Gasteiger partial charge >= 0.3 is 0 Å². The van der Waals surface area contributed by atoms with Crippen molar-refractivity contribution in [2.75, 3.05) is 33.9 Å². The summed E-state index contributed by atoms with van der Waals surface area (Å²) >= 11 is 0. The van der Waals surface area contributed by atoms with Gasteiger partial charge in [0.1, 0.15) is 0 Å². The quantitative estimate of drug-likeness (QED) is 0.185. The van der Waals surface area contributed by atoms with Gasteiger partial charge in [-0.05, 0) is 110 Å². The summed E-state index contributed by atoms with van der Waals surface area (Å²) in [5.74, 6) is -0.324. The van der Waals surface area contributed by atoms with Crippen LogP contribution in [-0.2, 0) is 7.05 Å². The third-order valence-corrected chi connectivity index (χ3v) is 7.68. The molecule has 0 atom stereocenters. The van der Waals surface area contributed by atoms with Gasteiger partial charge in [-0.15, -0.1) is 0 Å². The third-order valence-electron chi connectivity index (χ3n) is 7.68. The Hall–Kier alpha value is -5.08. The predicted octanol–water partition coefficient (Wildman–Crippen LogP) is 6.39. The van der Waals surface area contributed by atoms with E-state index in [2.05, 4.69) is 20.9 Å². The van der Waals surface area contributed by atoms with Crippen LogP contribution in [0.3, 0.4) is 0 Å². The average Bonchev–Trinajstić information content (AvgIpc) is 3.39. The van der Waals surface area contributed by atoms with Gasteiger partial charge in [-0.1, -0.05) is 0 Å². The maximum atomic E-state index is 12.8. The van der Waals surface area contributed by atoms with E-state index in [4.69, 9.17) is 0 Å². The molecule has 1 fully saturated rings. The summed E-state index contributed by atoms with van der Waals surface area (Å²) in [6.45, 7) is 1.64. The van der Waals surface area contributed by atoms with Gasteiger partial charge in [0.2, 0.25) is 0 Å². The van der Waals surface area contributed by atoms with Crippen molar-refractivity contribution in [1.29, 1.82) is 0 Å². The molecular weight excluding hydrogens is 526 g/mol. The van der Waals surface area contributed by atoms with Gasteiger partial charge in [-0.3, -0.25) is 9.59 Å². The number of rotatable bonds is 7. The molecule has 0 aliphatic carbocycles. The van der Waals surface area contributed by atoms with E-state index in [1.54, 1.807) is 0 Å². The molecule has 4 aromatic carbocycles. The molecule has 2 amide bonds. The number of hydrogen-bond donors (Lipinski definition) is 4. The maximum Gasteiger partial charge on any atom is 0.255 e. The summed E-state index contributed by atoms with van der Waals surface area (Å²) in [6.07, 6.45) is 3.30. The van der Waals surface area contributed by atoms with Gasteiger partial charge in [0.25, 0.3) is 11.8 Å². The lowest BCUT2D eigenvalue weighted by Gasteiger charge is -2.31. The molecule has 0 bridgehead atoms. The minimum atomic E-state index is -0.213. The number of amides is 2. The zero-order valence-electron chi connectivity index (χ0n) is 23.4. The first-order chi connectivity index (χ1) is 20.4. The number of aromatic nitrogens is 1. The fourth-order valence-corrected chi connectivity index (χ4v) is 5.22. The fraction of sp³-hybridized carbons (Fsp3) is 0.176. The number of aliphatic hydroxyl groups excluding tert-OH is 1. The van der Waals surface area contributed by atoms with Gasteiger partial charge in [0, 0.05) is 76.8 Å². The van der Waals surface area contributed by atoms with Crippen molar-refractivity contribution in [3.8, 4) is 0 Å². The van der Waals surface area contributed by atoms with Crippen LogP contribution in [0.5, 0.6) is 0 Å². The molecule has 42 heavy (non-hydrogen) atoms. The van der Waals surface area contributed by atoms with E-state index in [0.717, 1.165) is 53.9 Å². The van der Waals surface area contributed by atoms with Gasteiger partial charge in [-0.25, -0.2) is 0 Å². The van der Waals surface area contributed by atoms with Crippen LogP contribution in [0, 0.1) is 0 Å². The lowest BCUT2D eigenvalue weighted by molar-refractivity contribution is 0.101. The Bertz CT molecular complexity index is 1700. The number of aliphatic hydroxyl groups is 1. The topological polar surface area (TPSA) is 98.6 Å². The Morgan fingerprint density at radius 1 is 0.690 bits per heavy atom. The van der Waals surface area contributed by atoms with Crippen LogP contribution in [0.1, 0.15) is 33.6 Å². The molecule has 6 rings (SSSR count). The Morgan fingerprint density at radius 2 is 1.21 bits per heavy atom. The Kier molecular flexibility index (Phi) is 7.62. The summed E-state index contributed by atoms with van der Waals surface area (Å²) in [4.78, 5) is 27.8. The van der Waals surface area contributed by atoms with Crippen LogP contribution in [0.15, 0.2) is 103 Å². The van der Waals surface area contributed by atoms with E-state index < -0.39 is 0 Å². The molecule has 212 valence electrons. The van der Waals surface area contributed by atoms with E-state index in [-0.39, 0.29) is 17.9 Å². The molecule has 1 saturated heterocycles. The van der Waals surface area contributed by atoms with E-state index in [1.165, 1.54) is 0 Å². The van der Waals surface area contributed by atoms with Crippen LogP contribution in [0.2, 0.25) is 0 Å². The van der Waals surface area contributed by atoms with Crippen molar-refractivity contribution in [3.63, 3.8) is 0 Å². The van der Waals surface area contributed by atoms with Crippen molar-refractivity contribution >= 4 is 51.2 Å². The van der Waals surface area contributed by atoms with Crippen molar-refractivity contribution in [2.45, 2.75) is 18.9 Å². The zero-order valence-corrected chi connectivity index (χ0v) is 23.4. The van der Waals surface area contributed by atoms with E-state index in [9.17, 15) is 14.7 Å². The molecule has 8 nitrogen and oxygen atoms in total. The second-order valence-electron chi connectivity index (χ2n) is 10.7. The van der Waals surface area contributed by atoms with Gasteiger partial charge in [0.15, 0.2) is 0 Å². The second kappa shape index (κ2) is 11.8. The molecule has 0 spiro atoms. The Balaban J connectivity index is 1.01. The molecule has 4 N–H and O–H groups in total. The molecule has 1 aliphatic rings. The largest absolute Gasteiger partial charge is 0.393 e. The van der Waals surface area contributed by atoms with Crippen molar-refractivity contribution in [2.24, 2.45) is 7.05 Å². The number of benzene rings is 4. The SMILES string of the molecule is Cn1ccc2cc(C(=O)Nc3ccc(Nc4ccc(NC(=O)c5ccc(N6CCC(O)CC6)cc5)cc4)cc3)ccc21. The molecule has 0 unspecified atom stereocenters. The predicted molar refractivity (Wildman–Crippen MR) is 169 cm³/mol. The monoisotopic (exact) mass is 559 g/mol. The van der Waals surface area contributed by atoms with E-state index >= 15 is 0 Å². The lowest BCUT2D eigenvalue weighted by Crippen LogP contribution is -2.35. The van der Waals surface area contributed by atoms with Crippen LogP contribution < -0.4 is 20.9 Å². The first-order valence-corrected chi connectivity index (χ1v) is 14.1. The normalized spacial score (nSPS) is 13.6. The number of carbonyl (C=O) groups is 2. The molecule has 0 saturated carbocycles. The van der Waals surface area contributed by atoms with Crippen molar-refractivity contribution in [1.82, 2.24) is 4.57 Å². The Morgan fingerprint density at radius 3 is 1.81 bits per heavy atom. The molecule has 1 aliphatic heterocycles. The number of fused-ring (bicyclic) bond motifs is 1. The van der Waals surface area contributed by atoms with Crippen molar-refractivity contribution in [3.05, 3.63) is 114 Å². The van der Waals surface area contributed by atoms with Gasteiger partial charge in [0.05, 0.1) is 6.10 Å². The van der Waals surface area contributed by atoms with Crippen LogP contribution in [0.25, 0.3) is 10.9 Å². The highest BCUT2D eigenvalue weighted by molar-refractivity contribution is 6.06. The molecule has 2 heterocycles. The summed E-state index contributed by atoms with van der Waals surface area (Å²) in [7, 11) is 1.98. The van der Waals surface area contributed by atoms with Crippen LogP contribution >= 0.6 is 0 Å². The first kappa shape index (κ1) is 27.1. The van der Waals surface area contributed by atoms with Crippen LogP contribution in [0.4, 0.5) is 28.4 Å². The first-order valence-electron chi connectivity index (χ1n) is 14.1. The summed E-state index contributed by atoms with van der Waals surface area (Å²) < 4.78 is 2.02. The summed E-state index contributed by atoms with van der Waals surface area (Å²) in [5, 5.41) is 20.0. The third kappa shape index (κ3) is 6.14. The van der Waals surface area contributed by atoms with Gasteiger partial charge in [-0.2, -0.15) is 0 Å². The number of piperidine rings is 1.